The minimum atomic E-state index is -0.293. The van der Waals surface area contributed by atoms with Gasteiger partial charge in [0.25, 0.3) is 0 Å². The molecule has 3 N–H and O–H groups in total. The van der Waals surface area contributed by atoms with Crippen LogP contribution in [0.25, 0.3) is 55.7 Å². The summed E-state index contributed by atoms with van der Waals surface area (Å²) in [6.07, 6.45) is 7.19. The quantitative estimate of drug-likeness (QED) is 0.259. The number of hydrogen-bond donors (Lipinski definition) is 3. The highest BCUT2D eigenvalue weighted by atomic mass is 19.1. The Kier molecular flexibility index (Phi) is 6.05. The van der Waals surface area contributed by atoms with Crippen LogP contribution in [0.3, 0.4) is 0 Å². The van der Waals surface area contributed by atoms with E-state index in [0.717, 1.165) is 68.8 Å². The highest BCUT2D eigenvalue weighted by Crippen LogP contribution is 2.35. The summed E-state index contributed by atoms with van der Waals surface area (Å²) >= 11 is 0. The van der Waals surface area contributed by atoms with Gasteiger partial charge in [-0.15, -0.1) is 0 Å². The van der Waals surface area contributed by atoms with Crippen LogP contribution in [0.15, 0.2) is 67.3 Å². The Morgan fingerprint density at radius 3 is 2.63 bits per heavy atom. The first-order valence-corrected chi connectivity index (χ1v) is 12.4. The number of halogens is 1. The summed E-state index contributed by atoms with van der Waals surface area (Å²) in [6.45, 7) is 3.62. The van der Waals surface area contributed by atoms with Crippen molar-refractivity contribution in [3.05, 3.63) is 78.6 Å². The molecule has 1 aromatic carbocycles. The largest absolute Gasteiger partial charge is 0.384 e. The zero-order valence-corrected chi connectivity index (χ0v) is 21.4. The van der Waals surface area contributed by atoms with Crippen molar-refractivity contribution in [2.45, 2.75) is 6.92 Å². The van der Waals surface area contributed by atoms with Crippen LogP contribution in [0.2, 0.25) is 0 Å². The molecule has 0 saturated heterocycles. The normalized spacial score (nSPS) is 11.6. The number of rotatable bonds is 7. The fraction of sp³-hybridized carbons (Fsp3) is 0.172. The average Bonchev–Trinajstić information content (AvgIpc) is 3.52. The van der Waals surface area contributed by atoms with Crippen LogP contribution in [0.1, 0.15) is 5.56 Å². The number of nitrogens with one attached hydrogen (secondary N) is 3. The summed E-state index contributed by atoms with van der Waals surface area (Å²) in [4.78, 5) is 18.9. The zero-order chi connectivity index (χ0) is 26.2. The predicted octanol–water partition coefficient (Wildman–Crippen LogP) is 5.65. The fourth-order valence-corrected chi connectivity index (χ4v) is 4.70. The molecule has 0 spiro atoms. The van der Waals surface area contributed by atoms with Crippen molar-refractivity contribution in [2.75, 3.05) is 32.5 Å². The van der Waals surface area contributed by atoms with Crippen LogP contribution in [-0.2, 0) is 0 Å². The molecule has 5 aromatic heterocycles. The lowest BCUT2D eigenvalue weighted by Crippen LogP contribution is -2.20. The number of likely N-dealkylation sites (N-methyl/N-ethyl adjacent to an activating group) is 1. The molecule has 190 valence electrons. The SMILES string of the molecule is Cc1ccncc1-c1cnc2[nH]nc(-c3cc4c(-c5cc(F)cc(NCCN(C)C)c5)ccnc4[nH]3)c2c1. The summed E-state index contributed by atoms with van der Waals surface area (Å²) < 4.78 is 14.6. The van der Waals surface area contributed by atoms with E-state index in [-0.39, 0.29) is 5.82 Å². The third-order valence-corrected chi connectivity index (χ3v) is 6.65. The van der Waals surface area contributed by atoms with Gasteiger partial charge in [-0.3, -0.25) is 10.1 Å². The smallest absolute Gasteiger partial charge is 0.155 e. The van der Waals surface area contributed by atoms with Crippen LogP contribution in [0.5, 0.6) is 0 Å². The molecule has 0 aliphatic rings. The lowest BCUT2D eigenvalue weighted by Gasteiger charge is -2.13. The van der Waals surface area contributed by atoms with Gasteiger partial charge in [-0.25, -0.2) is 14.4 Å². The maximum absolute atomic E-state index is 14.6. The van der Waals surface area contributed by atoms with Crippen molar-refractivity contribution < 1.29 is 4.39 Å². The molecule has 9 heteroatoms. The highest BCUT2D eigenvalue weighted by Gasteiger charge is 2.16. The summed E-state index contributed by atoms with van der Waals surface area (Å²) in [6, 6.07) is 13.0. The van der Waals surface area contributed by atoms with E-state index in [4.69, 9.17) is 0 Å². The predicted molar refractivity (Wildman–Crippen MR) is 149 cm³/mol. The molecule has 0 aliphatic heterocycles. The van der Waals surface area contributed by atoms with E-state index in [9.17, 15) is 4.39 Å². The Balaban J connectivity index is 1.41. The van der Waals surface area contributed by atoms with Gasteiger partial charge in [0.2, 0.25) is 0 Å². The molecule has 0 unspecified atom stereocenters. The minimum Gasteiger partial charge on any atom is -0.384 e. The Morgan fingerprint density at radius 1 is 0.895 bits per heavy atom. The Morgan fingerprint density at radius 2 is 1.79 bits per heavy atom. The maximum atomic E-state index is 14.6. The van der Waals surface area contributed by atoms with Gasteiger partial charge < -0.3 is 15.2 Å². The van der Waals surface area contributed by atoms with Crippen molar-refractivity contribution in [1.29, 1.82) is 0 Å². The van der Waals surface area contributed by atoms with E-state index in [2.05, 4.69) is 53.3 Å². The van der Waals surface area contributed by atoms with Crippen LogP contribution in [-0.4, -0.2) is 62.2 Å². The van der Waals surface area contributed by atoms with Gasteiger partial charge >= 0.3 is 0 Å². The van der Waals surface area contributed by atoms with Crippen LogP contribution in [0.4, 0.5) is 10.1 Å². The third kappa shape index (κ3) is 4.48. The maximum Gasteiger partial charge on any atom is 0.155 e. The summed E-state index contributed by atoms with van der Waals surface area (Å²) in [5.74, 6) is -0.293. The fourth-order valence-electron chi connectivity index (χ4n) is 4.70. The molecule has 0 fully saturated rings. The Bertz CT molecular complexity index is 1770. The minimum absolute atomic E-state index is 0.293. The van der Waals surface area contributed by atoms with Crippen molar-refractivity contribution in [3.8, 4) is 33.6 Å². The number of pyridine rings is 3. The summed E-state index contributed by atoms with van der Waals surface area (Å²) in [7, 11) is 4.02. The van der Waals surface area contributed by atoms with Crippen molar-refractivity contribution >= 4 is 27.8 Å². The molecule has 0 radical (unpaired) electrons. The van der Waals surface area contributed by atoms with E-state index in [1.165, 1.54) is 6.07 Å². The molecular weight excluding hydrogens is 479 g/mol. The number of nitrogens with zero attached hydrogens (tertiary/aromatic N) is 5. The monoisotopic (exact) mass is 506 g/mol. The van der Waals surface area contributed by atoms with Crippen LogP contribution in [0, 0.1) is 12.7 Å². The van der Waals surface area contributed by atoms with Gasteiger partial charge in [-0.1, -0.05) is 0 Å². The topological polar surface area (TPSA) is 98.4 Å². The number of benzene rings is 1. The van der Waals surface area contributed by atoms with E-state index in [1.54, 1.807) is 18.5 Å². The van der Waals surface area contributed by atoms with Gasteiger partial charge in [-0.05, 0) is 80.2 Å². The van der Waals surface area contributed by atoms with E-state index < -0.39 is 0 Å². The van der Waals surface area contributed by atoms with E-state index in [0.29, 0.717) is 11.3 Å². The summed E-state index contributed by atoms with van der Waals surface area (Å²) in [5, 5.41) is 12.7. The number of aryl methyl sites for hydroxylation is 1. The van der Waals surface area contributed by atoms with Crippen molar-refractivity contribution in [1.82, 2.24) is 35.0 Å². The molecule has 0 amide bonds. The average molecular weight is 507 g/mol. The molecule has 6 rings (SSSR count). The molecule has 5 heterocycles. The molecule has 6 aromatic rings. The number of hydrogen-bond acceptors (Lipinski definition) is 6. The highest BCUT2D eigenvalue weighted by molar-refractivity contribution is 6.00. The van der Waals surface area contributed by atoms with Crippen molar-refractivity contribution in [2.24, 2.45) is 0 Å². The molecular formula is C29H27FN8. The first kappa shape index (κ1) is 23.7. The molecule has 0 atom stereocenters. The number of anilines is 1. The first-order chi connectivity index (χ1) is 18.5. The zero-order valence-electron chi connectivity index (χ0n) is 21.4. The number of fused-ring (bicyclic) bond motifs is 2. The number of aromatic nitrogens is 6. The molecule has 38 heavy (non-hydrogen) atoms. The standard InChI is InChI=1S/C29H27FN8/c1-17-4-6-31-16-25(17)19-12-24-27(36-37-29(24)34-15-19)26-14-23-22(5-7-33-28(23)35-26)18-10-20(30)13-21(11-18)32-8-9-38(2)3/h4-7,10-16,32H,8-9H2,1-3H3,(H,33,35)(H,34,36,37). The second-order valence-corrected chi connectivity index (χ2v) is 9.65. The number of H-pyrrole nitrogens is 2. The van der Waals surface area contributed by atoms with Gasteiger partial charge in [-0.2, -0.15) is 5.10 Å². The van der Waals surface area contributed by atoms with E-state index in [1.807, 2.05) is 50.8 Å². The van der Waals surface area contributed by atoms with Gasteiger partial charge in [0, 0.05) is 65.5 Å². The van der Waals surface area contributed by atoms with E-state index >= 15 is 0 Å². The lowest BCUT2D eigenvalue weighted by atomic mass is 10.0. The van der Waals surface area contributed by atoms with Crippen LogP contribution < -0.4 is 5.32 Å². The first-order valence-electron chi connectivity index (χ1n) is 12.4. The molecule has 8 nitrogen and oxygen atoms in total. The van der Waals surface area contributed by atoms with Gasteiger partial charge in [0.15, 0.2) is 5.65 Å². The van der Waals surface area contributed by atoms with Gasteiger partial charge in [0.05, 0.1) is 5.69 Å². The second kappa shape index (κ2) is 9.68. The molecule has 0 bridgehead atoms. The Hall–Kier alpha value is -4.63. The van der Waals surface area contributed by atoms with Gasteiger partial charge in [0.1, 0.15) is 17.2 Å². The lowest BCUT2D eigenvalue weighted by molar-refractivity contribution is 0.425. The second-order valence-electron chi connectivity index (χ2n) is 9.65. The summed E-state index contributed by atoms with van der Waals surface area (Å²) in [5.41, 5.74) is 8.45. The third-order valence-electron chi connectivity index (χ3n) is 6.65. The molecule has 0 aliphatic carbocycles. The Labute approximate surface area is 219 Å². The van der Waals surface area contributed by atoms with Crippen LogP contribution >= 0.6 is 0 Å². The molecule has 0 saturated carbocycles. The number of aromatic amines is 2. The van der Waals surface area contributed by atoms with Crippen molar-refractivity contribution in [3.63, 3.8) is 0 Å².